The van der Waals surface area contributed by atoms with Gasteiger partial charge in [-0.2, -0.15) is 0 Å². The molecule has 1 aromatic rings. The molecule has 0 aliphatic carbocycles. The van der Waals surface area contributed by atoms with E-state index in [-0.39, 0.29) is 12.3 Å². The van der Waals surface area contributed by atoms with E-state index < -0.39 is 40.1 Å². The monoisotopic (exact) mass is 294 g/mol. The van der Waals surface area contributed by atoms with Crippen LogP contribution in [0.5, 0.6) is 0 Å². The number of halogens is 3. The zero-order valence-corrected chi connectivity index (χ0v) is 10.5. The number of ether oxygens (including phenoxy) is 1. The maximum absolute atomic E-state index is 12.6. The molecule has 0 aliphatic heterocycles. The molecule has 0 aromatic carbocycles. The van der Waals surface area contributed by atoms with Gasteiger partial charge in [-0.05, 0) is 6.92 Å². The number of alkyl halides is 2. The average molecular weight is 295 g/mol. The van der Waals surface area contributed by atoms with E-state index >= 15 is 0 Å². The minimum Gasteiger partial charge on any atom is -0.466 e. The predicted octanol–water partition coefficient (Wildman–Crippen LogP) is 2.69. The SMILES string of the molecule is CCOC(=O)Cc1nc(C(F)F)cc([N+](=O)[O-])c1Cl. The first-order chi connectivity index (χ1) is 8.86. The third kappa shape index (κ3) is 3.82. The molecule has 0 spiro atoms. The molecular formula is C10H9ClF2N2O4. The van der Waals surface area contributed by atoms with Crippen molar-refractivity contribution < 1.29 is 23.2 Å². The van der Waals surface area contributed by atoms with Crippen molar-refractivity contribution in [3.63, 3.8) is 0 Å². The maximum Gasteiger partial charge on any atom is 0.311 e. The number of nitrogens with zero attached hydrogens (tertiary/aromatic N) is 2. The van der Waals surface area contributed by atoms with E-state index in [0.29, 0.717) is 6.07 Å². The van der Waals surface area contributed by atoms with Gasteiger partial charge in [0, 0.05) is 6.07 Å². The standard InChI is InChI=1S/C10H9ClF2N2O4/c1-2-19-8(16)4-5-9(11)7(15(17)18)3-6(14-5)10(12)13/h3,10H,2,4H2,1H3. The van der Waals surface area contributed by atoms with Crippen LogP contribution < -0.4 is 0 Å². The van der Waals surface area contributed by atoms with Crippen LogP contribution in [0.2, 0.25) is 5.02 Å². The molecule has 1 rings (SSSR count). The summed E-state index contributed by atoms with van der Waals surface area (Å²) in [7, 11) is 0. The zero-order valence-electron chi connectivity index (χ0n) is 9.73. The van der Waals surface area contributed by atoms with Crippen molar-refractivity contribution in [2.75, 3.05) is 6.61 Å². The van der Waals surface area contributed by atoms with Crippen LogP contribution in [-0.2, 0) is 16.0 Å². The second kappa shape index (κ2) is 6.37. The summed E-state index contributed by atoms with van der Waals surface area (Å²) < 4.78 is 29.7. The van der Waals surface area contributed by atoms with Crippen molar-refractivity contribution in [3.8, 4) is 0 Å². The molecule has 1 aromatic heterocycles. The summed E-state index contributed by atoms with van der Waals surface area (Å²) in [5.74, 6) is -0.752. The molecule has 0 saturated heterocycles. The number of carbonyl (C=O) groups excluding carboxylic acids is 1. The Morgan fingerprint density at radius 3 is 2.74 bits per heavy atom. The maximum atomic E-state index is 12.6. The lowest BCUT2D eigenvalue weighted by Gasteiger charge is -2.07. The molecule has 0 saturated carbocycles. The molecule has 104 valence electrons. The zero-order chi connectivity index (χ0) is 14.6. The number of aromatic nitrogens is 1. The number of pyridine rings is 1. The third-order valence-electron chi connectivity index (χ3n) is 2.06. The molecular weight excluding hydrogens is 286 g/mol. The van der Waals surface area contributed by atoms with Crippen LogP contribution in [-0.4, -0.2) is 22.5 Å². The van der Waals surface area contributed by atoms with Crippen molar-refractivity contribution >= 4 is 23.3 Å². The van der Waals surface area contributed by atoms with Gasteiger partial charge in [0.2, 0.25) is 0 Å². The van der Waals surface area contributed by atoms with Crippen LogP contribution in [0.3, 0.4) is 0 Å². The normalized spacial score (nSPS) is 10.6. The molecule has 19 heavy (non-hydrogen) atoms. The van der Waals surface area contributed by atoms with E-state index in [1.807, 2.05) is 0 Å². The first-order valence-electron chi connectivity index (χ1n) is 5.14. The molecule has 0 N–H and O–H groups in total. The van der Waals surface area contributed by atoms with Gasteiger partial charge in [-0.1, -0.05) is 11.6 Å². The highest BCUT2D eigenvalue weighted by Gasteiger charge is 2.24. The summed E-state index contributed by atoms with van der Waals surface area (Å²) in [6.07, 6.45) is -3.51. The third-order valence-corrected chi connectivity index (χ3v) is 2.48. The van der Waals surface area contributed by atoms with Crippen LogP contribution in [0.15, 0.2) is 6.07 Å². The van der Waals surface area contributed by atoms with E-state index in [2.05, 4.69) is 9.72 Å². The van der Waals surface area contributed by atoms with Gasteiger partial charge in [-0.3, -0.25) is 14.9 Å². The number of hydrogen-bond acceptors (Lipinski definition) is 5. The fourth-order valence-corrected chi connectivity index (χ4v) is 1.53. The smallest absolute Gasteiger partial charge is 0.311 e. The van der Waals surface area contributed by atoms with Crippen molar-refractivity contribution in [3.05, 3.63) is 32.6 Å². The first-order valence-corrected chi connectivity index (χ1v) is 5.52. The fourth-order valence-electron chi connectivity index (χ4n) is 1.30. The molecule has 0 fully saturated rings. The predicted molar refractivity (Wildman–Crippen MR) is 61.2 cm³/mol. The Morgan fingerprint density at radius 2 is 2.26 bits per heavy atom. The molecule has 0 bridgehead atoms. The highest BCUT2D eigenvalue weighted by molar-refractivity contribution is 6.33. The van der Waals surface area contributed by atoms with Gasteiger partial charge in [0.25, 0.3) is 12.1 Å². The molecule has 0 radical (unpaired) electrons. The van der Waals surface area contributed by atoms with Crippen LogP contribution >= 0.6 is 11.6 Å². The van der Waals surface area contributed by atoms with Crippen molar-refractivity contribution in [1.29, 1.82) is 0 Å². The molecule has 9 heteroatoms. The highest BCUT2D eigenvalue weighted by Crippen LogP contribution is 2.31. The summed E-state index contributed by atoms with van der Waals surface area (Å²) in [5.41, 5.74) is -1.83. The largest absolute Gasteiger partial charge is 0.466 e. The number of carbonyl (C=O) groups is 1. The van der Waals surface area contributed by atoms with Crippen LogP contribution in [0.4, 0.5) is 14.5 Å². The molecule has 0 atom stereocenters. The van der Waals surface area contributed by atoms with Gasteiger partial charge in [0.05, 0.1) is 23.6 Å². The Balaban J connectivity index is 3.21. The van der Waals surface area contributed by atoms with E-state index in [4.69, 9.17) is 11.6 Å². The minimum absolute atomic E-state index is 0.0904. The van der Waals surface area contributed by atoms with Gasteiger partial charge in [-0.25, -0.2) is 13.8 Å². The highest BCUT2D eigenvalue weighted by atomic mass is 35.5. The van der Waals surface area contributed by atoms with Crippen LogP contribution in [0, 0.1) is 10.1 Å². The van der Waals surface area contributed by atoms with Crippen LogP contribution in [0.1, 0.15) is 24.7 Å². The summed E-state index contributed by atoms with van der Waals surface area (Å²) in [4.78, 5) is 24.5. The van der Waals surface area contributed by atoms with Gasteiger partial charge in [-0.15, -0.1) is 0 Å². The lowest BCUT2D eigenvalue weighted by atomic mass is 10.2. The Kier molecular flexibility index (Phi) is 5.11. The van der Waals surface area contributed by atoms with Crippen molar-refractivity contribution in [1.82, 2.24) is 4.98 Å². The van der Waals surface area contributed by atoms with Crippen molar-refractivity contribution in [2.24, 2.45) is 0 Å². The van der Waals surface area contributed by atoms with E-state index in [1.165, 1.54) is 0 Å². The van der Waals surface area contributed by atoms with Gasteiger partial charge in [0.15, 0.2) is 0 Å². The van der Waals surface area contributed by atoms with Crippen molar-refractivity contribution in [2.45, 2.75) is 19.8 Å². The summed E-state index contributed by atoms with van der Waals surface area (Å²) >= 11 is 5.67. The molecule has 0 unspecified atom stereocenters. The van der Waals surface area contributed by atoms with Crippen LogP contribution in [0.25, 0.3) is 0 Å². The van der Waals surface area contributed by atoms with Gasteiger partial charge < -0.3 is 4.74 Å². The Hall–Kier alpha value is -1.83. The topological polar surface area (TPSA) is 82.3 Å². The molecule has 0 aliphatic rings. The second-order valence-electron chi connectivity index (χ2n) is 3.37. The molecule has 0 amide bonds. The number of rotatable bonds is 5. The van der Waals surface area contributed by atoms with E-state index in [9.17, 15) is 23.7 Å². The first kappa shape index (κ1) is 15.2. The quantitative estimate of drug-likeness (QED) is 0.474. The average Bonchev–Trinajstić information content (AvgIpc) is 2.31. The summed E-state index contributed by atoms with van der Waals surface area (Å²) in [5, 5.41) is 10.3. The lowest BCUT2D eigenvalue weighted by molar-refractivity contribution is -0.384. The number of nitro groups is 1. The van der Waals surface area contributed by atoms with Gasteiger partial charge >= 0.3 is 5.97 Å². The fraction of sp³-hybridized carbons (Fsp3) is 0.400. The number of hydrogen-bond donors (Lipinski definition) is 0. The van der Waals surface area contributed by atoms with E-state index in [1.54, 1.807) is 6.92 Å². The summed E-state index contributed by atoms with van der Waals surface area (Å²) in [6.45, 7) is 1.65. The molecule has 1 heterocycles. The van der Waals surface area contributed by atoms with E-state index in [0.717, 1.165) is 0 Å². The Bertz CT molecular complexity index is 511. The lowest BCUT2D eigenvalue weighted by Crippen LogP contribution is -2.11. The summed E-state index contributed by atoms with van der Waals surface area (Å²) in [6, 6.07) is 0.585. The second-order valence-corrected chi connectivity index (χ2v) is 3.74. The Labute approximate surface area is 111 Å². The Morgan fingerprint density at radius 1 is 1.63 bits per heavy atom. The number of esters is 1. The van der Waals surface area contributed by atoms with Gasteiger partial charge in [0.1, 0.15) is 10.7 Å². The minimum atomic E-state index is -3.00. The molecule has 6 nitrogen and oxygen atoms in total.